The second kappa shape index (κ2) is 6.31. The molecule has 26 heavy (non-hydrogen) atoms. The number of rotatable bonds is 2. The predicted octanol–water partition coefficient (Wildman–Crippen LogP) is 2.72. The Kier molecular flexibility index (Phi) is 3.68. The molecular formula is C20H18N6. The maximum atomic E-state index is 4.65. The van der Waals surface area contributed by atoms with Crippen molar-refractivity contribution in [2.24, 2.45) is 0 Å². The summed E-state index contributed by atoms with van der Waals surface area (Å²) in [4.78, 5) is 20.4. The van der Waals surface area contributed by atoms with Crippen LogP contribution in [0, 0.1) is 0 Å². The molecule has 6 nitrogen and oxygen atoms in total. The standard InChI is InChI=1S/C20H18N6/c1-3-7-16-14(5-1)19(24-12-22-16)18-11-21-9-10-26(18)20-15-6-2-4-8-17(15)23-13-25-20/h1-8,12-13,18,21H,9-11H2. The lowest BCUT2D eigenvalue weighted by molar-refractivity contribution is 0.481. The van der Waals surface area contributed by atoms with Crippen molar-refractivity contribution in [3.8, 4) is 0 Å². The molecule has 1 atom stereocenters. The van der Waals surface area contributed by atoms with Gasteiger partial charge in [-0.1, -0.05) is 30.3 Å². The highest BCUT2D eigenvalue weighted by atomic mass is 15.3. The van der Waals surface area contributed by atoms with Crippen molar-refractivity contribution in [2.75, 3.05) is 24.5 Å². The summed E-state index contributed by atoms with van der Waals surface area (Å²) >= 11 is 0. The highest BCUT2D eigenvalue weighted by Gasteiger charge is 2.28. The number of aromatic nitrogens is 4. The molecule has 2 aromatic heterocycles. The van der Waals surface area contributed by atoms with E-state index in [-0.39, 0.29) is 6.04 Å². The van der Waals surface area contributed by atoms with E-state index in [0.29, 0.717) is 0 Å². The van der Waals surface area contributed by atoms with Gasteiger partial charge >= 0.3 is 0 Å². The van der Waals surface area contributed by atoms with Gasteiger partial charge in [0.15, 0.2) is 0 Å². The summed E-state index contributed by atoms with van der Waals surface area (Å²) in [6.07, 6.45) is 3.30. The molecule has 0 aliphatic carbocycles. The van der Waals surface area contributed by atoms with Crippen LogP contribution in [0.3, 0.4) is 0 Å². The lowest BCUT2D eigenvalue weighted by Gasteiger charge is -2.37. The first-order chi connectivity index (χ1) is 12.9. The summed E-state index contributed by atoms with van der Waals surface area (Å²) in [6, 6.07) is 16.4. The molecule has 3 heterocycles. The van der Waals surface area contributed by atoms with Crippen molar-refractivity contribution in [1.82, 2.24) is 25.3 Å². The van der Waals surface area contributed by atoms with Gasteiger partial charge in [-0.2, -0.15) is 0 Å². The Morgan fingerprint density at radius 1 is 0.808 bits per heavy atom. The highest BCUT2D eigenvalue weighted by molar-refractivity contribution is 5.90. The monoisotopic (exact) mass is 342 g/mol. The van der Waals surface area contributed by atoms with Crippen molar-refractivity contribution in [2.45, 2.75) is 6.04 Å². The summed E-state index contributed by atoms with van der Waals surface area (Å²) in [6.45, 7) is 2.60. The SMILES string of the molecule is c1ccc2c(C3CNCCN3c3ncnc4ccccc34)ncnc2c1. The smallest absolute Gasteiger partial charge is 0.140 e. The Morgan fingerprint density at radius 2 is 1.50 bits per heavy atom. The van der Waals surface area contributed by atoms with Gasteiger partial charge in [0, 0.05) is 30.4 Å². The van der Waals surface area contributed by atoms with Crippen LogP contribution in [-0.4, -0.2) is 39.6 Å². The van der Waals surface area contributed by atoms with Gasteiger partial charge < -0.3 is 10.2 Å². The molecule has 1 saturated heterocycles. The van der Waals surface area contributed by atoms with Crippen LogP contribution in [-0.2, 0) is 0 Å². The van der Waals surface area contributed by atoms with Gasteiger partial charge in [0.1, 0.15) is 18.5 Å². The van der Waals surface area contributed by atoms with Crippen molar-refractivity contribution in [3.63, 3.8) is 0 Å². The Balaban J connectivity index is 1.68. The maximum Gasteiger partial charge on any atom is 0.140 e. The number of benzene rings is 2. The zero-order valence-corrected chi connectivity index (χ0v) is 14.2. The fourth-order valence-electron chi connectivity index (χ4n) is 3.71. The number of piperazine rings is 1. The number of anilines is 1. The molecule has 1 unspecified atom stereocenters. The van der Waals surface area contributed by atoms with Crippen LogP contribution in [0.1, 0.15) is 11.7 Å². The van der Waals surface area contributed by atoms with E-state index in [9.17, 15) is 0 Å². The summed E-state index contributed by atoms with van der Waals surface area (Å²) in [5.74, 6) is 0.963. The topological polar surface area (TPSA) is 66.8 Å². The molecule has 5 rings (SSSR count). The van der Waals surface area contributed by atoms with Gasteiger partial charge in [-0.3, -0.25) is 0 Å². The molecular weight excluding hydrogens is 324 g/mol. The highest BCUT2D eigenvalue weighted by Crippen LogP contribution is 2.32. The molecule has 1 fully saturated rings. The van der Waals surface area contributed by atoms with Crippen LogP contribution in [0.4, 0.5) is 5.82 Å². The molecule has 128 valence electrons. The zero-order valence-electron chi connectivity index (χ0n) is 14.2. The largest absolute Gasteiger partial charge is 0.345 e. The molecule has 0 saturated carbocycles. The summed E-state index contributed by atoms with van der Waals surface area (Å²) in [5.41, 5.74) is 2.96. The fraction of sp³-hybridized carbons (Fsp3) is 0.200. The Morgan fingerprint density at radius 3 is 2.35 bits per heavy atom. The first kappa shape index (κ1) is 15.2. The third-order valence-electron chi connectivity index (χ3n) is 4.93. The van der Waals surface area contributed by atoms with Crippen LogP contribution in [0.2, 0.25) is 0 Å². The minimum Gasteiger partial charge on any atom is -0.345 e. The molecule has 4 aromatic rings. The van der Waals surface area contributed by atoms with Gasteiger partial charge in [0.2, 0.25) is 0 Å². The Hall–Kier alpha value is -3.12. The van der Waals surface area contributed by atoms with Gasteiger partial charge in [-0.25, -0.2) is 19.9 Å². The van der Waals surface area contributed by atoms with E-state index in [1.807, 2.05) is 36.4 Å². The van der Waals surface area contributed by atoms with E-state index in [2.05, 4.69) is 42.3 Å². The number of hydrogen-bond donors (Lipinski definition) is 1. The first-order valence-electron chi connectivity index (χ1n) is 8.78. The van der Waals surface area contributed by atoms with Crippen molar-refractivity contribution in [3.05, 3.63) is 66.9 Å². The summed E-state index contributed by atoms with van der Waals surface area (Å²) < 4.78 is 0. The molecule has 1 aliphatic heterocycles. The third kappa shape index (κ3) is 2.46. The van der Waals surface area contributed by atoms with E-state index in [1.54, 1.807) is 12.7 Å². The van der Waals surface area contributed by atoms with Crippen LogP contribution in [0.25, 0.3) is 21.8 Å². The number of hydrogen-bond acceptors (Lipinski definition) is 6. The Labute approximate surface area is 150 Å². The number of nitrogens with zero attached hydrogens (tertiary/aromatic N) is 5. The molecule has 1 N–H and O–H groups in total. The second-order valence-electron chi connectivity index (χ2n) is 6.40. The van der Waals surface area contributed by atoms with Gasteiger partial charge in [-0.15, -0.1) is 0 Å². The number of fused-ring (bicyclic) bond motifs is 2. The number of para-hydroxylation sites is 2. The van der Waals surface area contributed by atoms with Gasteiger partial charge in [0.25, 0.3) is 0 Å². The lowest BCUT2D eigenvalue weighted by Crippen LogP contribution is -2.47. The van der Waals surface area contributed by atoms with Crippen molar-refractivity contribution in [1.29, 1.82) is 0 Å². The normalized spacial score (nSPS) is 17.7. The van der Waals surface area contributed by atoms with Crippen LogP contribution < -0.4 is 10.2 Å². The van der Waals surface area contributed by atoms with Gasteiger partial charge in [0.05, 0.1) is 22.8 Å². The number of nitrogens with one attached hydrogen (secondary N) is 1. The van der Waals surface area contributed by atoms with E-state index in [1.165, 1.54) is 0 Å². The summed E-state index contributed by atoms with van der Waals surface area (Å²) in [5, 5.41) is 5.66. The minimum absolute atomic E-state index is 0.0926. The quantitative estimate of drug-likeness (QED) is 0.604. The average Bonchev–Trinajstić information content (AvgIpc) is 2.73. The average molecular weight is 342 g/mol. The Bertz CT molecular complexity index is 982. The summed E-state index contributed by atoms with van der Waals surface area (Å²) in [7, 11) is 0. The molecule has 2 aromatic carbocycles. The van der Waals surface area contributed by atoms with Crippen LogP contribution in [0.5, 0.6) is 0 Å². The minimum atomic E-state index is 0.0926. The van der Waals surface area contributed by atoms with Crippen molar-refractivity contribution >= 4 is 27.6 Å². The first-order valence-corrected chi connectivity index (χ1v) is 8.78. The van der Waals surface area contributed by atoms with E-state index in [4.69, 9.17) is 0 Å². The molecule has 0 amide bonds. The van der Waals surface area contributed by atoms with E-state index in [0.717, 1.165) is 53.0 Å². The predicted molar refractivity (Wildman–Crippen MR) is 102 cm³/mol. The maximum absolute atomic E-state index is 4.65. The van der Waals surface area contributed by atoms with Crippen molar-refractivity contribution < 1.29 is 0 Å². The third-order valence-corrected chi connectivity index (χ3v) is 4.93. The fourth-order valence-corrected chi connectivity index (χ4v) is 3.71. The van der Waals surface area contributed by atoms with Gasteiger partial charge in [-0.05, 0) is 18.2 Å². The van der Waals surface area contributed by atoms with E-state index >= 15 is 0 Å². The lowest BCUT2D eigenvalue weighted by atomic mass is 10.0. The molecule has 0 bridgehead atoms. The second-order valence-corrected chi connectivity index (χ2v) is 6.40. The zero-order chi connectivity index (χ0) is 17.3. The molecule has 6 heteroatoms. The van der Waals surface area contributed by atoms with E-state index < -0.39 is 0 Å². The molecule has 1 aliphatic rings. The molecule has 0 radical (unpaired) electrons. The van der Waals surface area contributed by atoms with Crippen LogP contribution in [0.15, 0.2) is 61.2 Å². The van der Waals surface area contributed by atoms with Crippen LogP contribution >= 0.6 is 0 Å². The molecule has 0 spiro atoms.